The van der Waals surface area contributed by atoms with Crippen molar-refractivity contribution in [2.75, 3.05) is 11.4 Å². The van der Waals surface area contributed by atoms with Gasteiger partial charge >= 0.3 is 0 Å². The van der Waals surface area contributed by atoms with Gasteiger partial charge in [-0.3, -0.25) is 18.8 Å². The van der Waals surface area contributed by atoms with Crippen LogP contribution in [0.25, 0.3) is 11.0 Å². The molecule has 1 amide bonds. The Morgan fingerprint density at radius 3 is 3.04 bits per heavy atom. The number of carbonyl (C=O) groups is 1. The molecule has 3 aromatic rings. The number of aryl methyl sites for hydroxylation is 1. The molecule has 134 valence electrons. The summed E-state index contributed by atoms with van der Waals surface area (Å²) in [6.45, 7) is 1.82. The summed E-state index contributed by atoms with van der Waals surface area (Å²) in [6.07, 6.45) is 2.38. The van der Waals surface area contributed by atoms with E-state index >= 15 is 0 Å². The summed E-state index contributed by atoms with van der Waals surface area (Å²) < 4.78 is 22.2. The highest BCUT2D eigenvalue weighted by atomic mass is 19.1. The van der Waals surface area contributed by atoms with E-state index in [0.717, 1.165) is 0 Å². The van der Waals surface area contributed by atoms with E-state index in [2.05, 4.69) is 10.1 Å². The first-order valence-corrected chi connectivity index (χ1v) is 8.08. The SMILES string of the molecule is CC1CN(C(=O)Cn2cnc3c(cnn3C)c2=O)c2cccc(F)c2O1. The van der Waals surface area contributed by atoms with Gasteiger partial charge in [0.05, 0.1) is 18.4 Å². The van der Waals surface area contributed by atoms with Gasteiger partial charge in [0.25, 0.3) is 5.56 Å². The molecule has 0 saturated heterocycles. The van der Waals surface area contributed by atoms with Crippen LogP contribution in [0, 0.1) is 5.82 Å². The molecule has 9 heteroatoms. The molecule has 0 saturated carbocycles. The average molecular weight is 357 g/mol. The highest BCUT2D eigenvalue weighted by molar-refractivity contribution is 5.95. The van der Waals surface area contributed by atoms with E-state index in [1.165, 1.54) is 38.8 Å². The fourth-order valence-electron chi connectivity index (χ4n) is 3.07. The number of amides is 1. The van der Waals surface area contributed by atoms with Crippen LogP contribution in [0.2, 0.25) is 0 Å². The molecule has 0 aliphatic carbocycles. The van der Waals surface area contributed by atoms with Gasteiger partial charge in [0.1, 0.15) is 24.4 Å². The number of hydrogen-bond acceptors (Lipinski definition) is 5. The van der Waals surface area contributed by atoms with Crippen molar-refractivity contribution in [2.24, 2.45) is 7.05 Å². The fourth-order valence-corrected chi connectivity index (χ4v) is 3.07. The number of fused-ring (bicyclic) bond motifs is 2. The molecule has 0 bridgehead atoms. The van der Waals surface area contributed by atoms with Crippen molar-refractivity contribution in [3.05, 3.63) is 46.9 Å². The number of aromatic nitrogens is 4. The summed E-state index contributed by atoms with van der Waals surface area (Å²) in [4.78, 5) is 31.0. The van der Waals surface area contributed by atoms with E-state index in [1.54, 1.807) is 20.0 Å². The van der Waals surface area contributed by atoms with Gasteiger partial charge in [0.15, 0.2) is 17.2 Å². The first-order valence-electron chi connectivity index (χ1n) is 8.08. The van der Waals surface area contributed by atoms with Crippen molar-refractivity contribution in [2.45, 2.75) is 19.6 Å². The minimum Gasteiger partial charge on any atom is -0.484 e. The van der Waals surface area contributed by atoms with Crippen LogP contribution < -0.4 is 15.2 Å². The van der Waals surface area contributed by atoms with E-state index in [-0.39, 0.29) is 36.4 Å². The average Bonchev–Trinajstić information content (AvgIpc) is 2.99. The summed E-state index contributed by atoms with van der Waals surface area (Å²) in [7, 11) is 1.69. The summed E-state index contributed by atoms with van der Waals surface area (Å²) in [5.41, 5.74) is 0.458. The van der Waals surface area contributed by atoms with Crippen molar-refractivity contribution in [3.8, 4) is 5.75 Å². The Morgan fingerprint density at radius 1 is 1.42 bits per heavy atom. The molecule has 4 rings (SSSR count). The minimum absolute atomic E-state index is 0.0489. The second-order valence-electron chi connectivity index (χ2n) is 6.20. The maximum atomic E-state index is 14.0. The van der Waals surface area contributed by atoms with Gasteiger partial charge < -0.3 is 9.64 Å². The molecule has 8 nitrogen and oxygen atoms in total. The normalized spacial score (nSPS) is 16.4. The van der Waals surface area contributed by atoms with Crippen LogP contribution in [0.15, 0.2) is 35.5 Å². The molecule has 0 N–H and O–H groups in total. The summed E-state index contributed by atoms with van der Waals surface area (Å²) in [5, 5.41) is 4.34. The Hall–Kier alpha value is -3.23. The number of hydrogen-bond donors (Lipinski definition) is 0. The zero-order valence-corrected chi connectivity index (χ0v) is 14.2. The van der Waals surface area contributed by atoms with Crippen molar-refractivity contribution < 1.29 is 13.9 Å². The Bertz CT molecular complexity index is 1070. The van der Waals surface area contributed by atoms with Gasteiger partial charge in [0, 0.05) is 7.05 Å². The van der Waals surface area contributed by atoms with Crippen molar-refractivity contribution in [1.29, 1.82) is 0 Å². The Balaban J connectivity index is 1.68. The van der Waals surface area contributed by atoms with Gasteiger partial charge in [-0.2, -0.15) is 5.10 Å². The molecule has 1 aliphatic heterocycles. The van der Waals surface area contributed by atoms with E-state index in [0.29, 0.717) is 16.7 Å². The van der Waals surface area contributed by atoms with Crippen LogP contribution in [0.5, 0.6) is 5.75 Å². The third-order valence-corrected chi connectivity index (χ3v) is 4.32. The molecular formula is C17H16FN5O3. The maximum absolute atomic E-state index is 14.0. The predicted molar refractivity (Wildman–Crippen MR) is 91.6 cm³/mol. The molecule has 0 radical (unpaired) electrons. The first-order chi connectivity index (χ1) is 12.5. The third-order valence-electron chi connectivity index (χ3n) is 4.32. The molecule has 2 aromatic heterocycles. The molecule has 1 aromatic carbocycles. The predicted octanol–water partition coefficient (Wildman–Crippen LogP) is 1.08. The quantitative estimate of drug-likeness (QED) is 0.686. The third kappa shape index (κ3) is 2.52. The summed E-state index contributed by atoms with van der Waals surface area (Å²) in [6, 6.07) is 4.42. The molecule has 3 heterocycles. The van der Waals surface area contributed by atoms with Gasteiger partial charge in [-0.1, -0.05) is 6.07 Å². The number of halogens is 1. The molecular weight excluding hydrogens is 341 g/mol. The van der Waals surface area contributed by atoms with Crippen LogP contribution in [0.3, 0.4) is 0 Å². The van der Waals surface area contributed by atoms with Crippen LogP contribution in [0.4, 0.5) is 10.1 Å². The topological polar surface area (TPSA) is 82.3 Å². The number of anilines is 1. The van der Waals surface area contributed by atoms with Crippen LogP contribution >= 0.6 is 0 Å². The highest BCUT2D eigenvalue weighted by Gasteiger charge is 2.29. The lowest BCUT2D eigenvalue weighted by Gasteiger charge is -2.33. The fraction of sp³-hybridized carbons (Fsp3) is 0.294. The van der Waals surface area contributed by atoms with E-state index in [4.69, 9.17) is 4.74 Å². The zero-order valence-electron chi connectivity index (χ0n) is 14.2. The number of nitrogens with zero attached hydrogens (tertiary/aromatic N) is 5. The van der Waals surface area contributed by atoms with Crippen LogP contribution in [-0.4, -0.2) is 37.9 Å². The molecule has 0 spiro atoms. The van der Waals surface area contributed by atoms with Gasteiger partial charge in [-0.05, 0) is 19.1 Å². The van der Waals surface area contributed by atoms with E-state index in [9.17, 15) is 14.0 Å². The van der Waals surface area contributed by atoms with Crippen LogP contribution in [-0.2, 0) is 18.4 Å². The maximum Gasteiger partial charge on any atom is 0.264 e. The number of ether oxygens (including phenoxy) is 1. The van der Waals surface area contributed by atoms with Gasteiger partial charge in [-0.15, -0.1) is 0 Å². The van der Waals surface area contributed by atoms with Crippen LogP contribution in [0.1, 0.15) is 6.92 Å². The first kappa shape index (κ1) is 16.2. The van der Waals surface area contributed by atoms with Gasteiger partial charge in [0.2, 0.25) is 5.91 Å². The number of carbonyl (C=O) groups excluding carboxylic acids is 1. The lowest BCUT2D eigenvalue weighted by Crippen LogP contribution is -2.45. The van der Waals surface area contributed by atoms with Crippen molar-refractivity contribution in [1.82, 2.24) is 19.3 Å². The largest absolute Gasteiger partial charge is 0.484 e. The summed E-state index contributed by atoms with van der Waals surface area (Å²) in [5.74, 6) is -0.825. The molecule has 26 heavy (non-hydrogen) atoms. The zero-order chi connectivity index (χ0) is 18.4. The number of rotatable bonds is 2. The lowest BCUT2D eigenvalue weighted by atomic mass is 10.2. The van der Waals surface area contributed by atoms with E-state index in [1.807, 2.05) is 0 Å². The van der Waals surface area contributed by atoms with Crippen molar-refractivity contribution >= 4 is 22.6 Å². The number of benzene rings is 1. The molecule has 0 fully saturated rings. The Labute approximate surface area is 147 Å². The number of para-hydroxylation sites is 1. The Morgan fingerprint density at radius 2 is 2.23 bits per heavy atom. The summed E-state index contributed by atoms with van der Waals surface area (Å²) >= 11 is 0. The second-order valence-corrected chi connectivity index (χ2v) is 6.20. The smallest absolute Gasteiger partial charge is 0.264 e. The molecule has 1 aliphatic rings. The molecule has 1 atom stereocenters. The minimum atomic E-state index is -0.525. The lowest BCUT2D eigenvalue weighted by molar-refractivity contribution is -0.119. The van der Waals surface area contributed by atoms with Gasteiger partial charge in [-0.25, -0.2) is 9.37 Å². The second kappa shape index (κ2) is 5.94. The highest BCUT2D eigenvalue weighted by Crippen LogP contribution is 2.35. The van der Waals surface area contributed by atoms with E-state index < -0.39 is 5.82 Å². The monoisotopic (exact) mass is 357 g/mol. The Kier molecular flexibility index (Phi) is 3.71. The molecule has 1 unspecified atom stereocenters. The standard InChI is InChI=1S/C17H16FN5O3/c1-10-7-23(13-5-3-4-12(18)15(13)26-10)14(24)8-22-9-19-16-11(17(22)25)6-20-21(16)2/h3-6,9-10H,7-8H2,1-2H3. The van der Waals surface area contributed by atoms with Crippen molar-refractivity contribution in [3.63, 3.8) is 0 Å².